The van der Waals surface area contributed by atoms with Gasteiger partial charge in [0.05, 0.1) is 19.8 Å². The number of nitrogens with zero attached hydrogens (tertiary/aromatic N) is 1. The zero-order valence-corrected chi connectivity index (χ0v) is 16.2. The van der Waals surface area contributed by atoms with Crippen LogP contribution >= 0.6 is 0 Å². The van der Waals surface area contributed by atoms with Gasteiger partial charge in [-0.05, 0) is 54.2 Å². The van der Waals surface area contributed by atoms with Gasteiger partial charge in [-0.25, -0.2) is 4.79 Å². The molecule has 0 aromatic heterocycles. The van der Waals surface area contributed by atoms with Crippen LogP contribution in [0.4, 0.5) is 0 Å². The van der Waals surface area contributed by atoms with Gasteiger partial charge in [0.15, 0.2) is 0 Å². The molecular formula is C22H25NO5. The number of carbonyl (C=O) groups excluding carboxylic acids is 1. The summed E-state index contributed by atoms with van der Waals surface area (Å²) in [5, 5.41) is 8.92. The fraction of sp³-hybridized carbons (Fsp3) is 0.364. The molecule has 2 aromatic carbocycles. The normalized spacial score (nSPS) is 13.7. The maximum absolute atomic E-state index is 12.4. The Hall–Kier alpha value is -3.02. The van der Waals surface area contributed by atoms with E-state index in [0.717, 1.165) is 42.1 Å². The highest BCUT2D eigenvalue weighted by Gasteiger charge is 2.30. The van der Waals surface area contributed by atoms with Gasteiger partial charge in [0.1, 0.15) is 11.5 Å². The summed E-state index contributed by atoms with van der Waals surface area (Å²) >= 11 is 0. The first-order valence-corrected chi connectivity index (χ1v) is 9.30. The molecular weight excluding hydrogens is 358 g/mol. The van der Waals surface area contributed by atoms with Crippen molar-refractivity contribution in [3.63, 3.8) is 0 Å². The molecule has 0 bridgehead atoms. The monoisotopic (exact) mass is 383 g/mol. The molecule has 1 amide bonds. The first kappa shape index (κ1) is 19.7. The molecule has 1 saturated heterocycles. The van der Waals surface area contributed by atoms with Gasteiger partial charge in [-0.3, -0.25) is 4.79 Å². The fourth-order valence-corrected chi connectivity index (χ4v) is 3.44. The molecule has 1 N–H and O–H groups in total. The molecule has 6 heteroatoms. The minimum atomic E-state index is -0.942. The number of carboxylic acids is 1. The summed E-state index contributed by atoms with van der Waals surface area (Å²) in [6.45, 7) is 1.52. The lowest BCUT2D eigenvalue weighted by molar-refractivity contribution is -0.137. The van der Waals surface area contributed by atoms with Crippen LogP contribution in [0.15, 0.2) is 42.5 Å². The van der Waals surface area contributed by atoms with Crippen LogP contribution in [0, 0.1) is 5.92 Å². The van der Waals surface area contributed by atoms with Gasteiger partial charge < -0.3 is 19.5 Å². The zero-order chi connectivity index (χ0) is 20.1. The van der Waals surface area contributed by atoms with E-state index in [9.17, 15) is 9.59 Å². The van der Waals surface area contributed by atoms with Gasteiger partial charge >= 0.3 is 5.97 Å². The second-order valence-electron chi connectivity index (χ2n) is 7.09. The fourth-order valence-electron chi connectivity index (χ4n) is 3.44. The zero-order valence-electron chi connectivity index (χ0n) is 16.2. The van der Waals surface area contributed by atoms with E-state index in [1.54, 1.807) is 38.5 Å². The molecule has 0 unspecified atom stereocenters. The maximum atomic E-state index is 12.4. The average molecular weight is 383 g/mol. The van der Waals surface area contributed by atoms with Crippen LogP contribution in [0.2, 0.25) is 0 Å². The summed E-state index contributed by atoms with van der Waals surface area (Å²) in [5.41, 5.74) is 2.38. The van der Waals surface area contributed by atoms with E-state index in [1.165, 1.54) is 0 Å². The maximum Gasteiger partial charge on any atom is 0.335 e. The van der Waals surface area contributed by atoms with Crippen molar-refractivity contribution in [2.24, 2.45) is 5.92 Å². The van der Waals surface area contributed by atoms with E-state index < -0.39 is 5.97 Å². The van der Waals surface area contributed by atoms with Crippen molar-refractivity contribution in [1.29, 1.82) is 0 Å². The van der Waals surface area contributed by atoms with Crippen LogP contribution in [0.25, 0.3) is 0 Å². The van der Waals surface area contributed by atoms with Crippen molar-refractivity contribution >= 4 is 11.9 Å². The number of aromatic carboxylic acids is 1. The van der Waals surface area contributed by atoms with Gasteiger partial charge in [-0.15, -0.1) is 0 Å². The minimum Gasteiger partial charge on any atom is -0.497 e. The molecule has 148 valence electrons. The van der Waals surface area contributed by atoms with Gasteiger partial charge in [-0.2, -0.15) is 0 Å². The predicted octanol–water partition coefficient (Wildman–Crippen LogP) is 3.04. The Balaban J connectivity index is 1.45. The lowest BCUT2D eigenvalue weighted by Crippen LogP contribution is -2.50. The molecule has 6 nitrogen and oxygen atoms in total. The number of hydrogen-bond donors (Lipinski definition) is 1. The Kier molecular flexibility index (Phi) is 6.19. The highest BCUT2D eigenvalue weighted by Crippen LogP contribution is 2.27. The Labute approximate surface area is 164 Å². The number of carbonyl (C=O) groups is 2. The summed E-state index contributed by atoms with van der Waals surface area (Å²) in [5.74, 6) is 1.19. The third-order valence-corrected chi connectivity index (χ3v) is 5.07. The molecule has 1 aliphatic heterocycles. The van der Waals surface area contributed by atoms with Gasteiger partial charge in [0, 0.05) is 25.6 Å². The Morgan fingerprint density at radius 3 is 2.14 bits per heavy atom. The summed E-state index contributed by atoms with van der Waals surface area (Å²) in [6.07, 6.45) is 1.94. The summed E-state index contributed by atoms with van der Waals surface area (Å²) in [6, 6.07) is 12.6. The summed E-state index contributed by atoms with van der Waals surface area (Å²) in [4.78, 5) is 25.1. The Bertz CT molecular complexity index is 818. The number of rotatable bonds is 8. The number of amides is 1. The molecule has 1 aliphatic rings. The van der Waals surface area contributed by atoms with Crippen molar-refractivity contribution in [3.05, 3.63) is 59.2 Å². The number of carboxylic acid groups (broad SMARTS) is 1. The smallest absolute Gasteiger partial charge is 0.335 e. The number of likely N-dealkylation sites (tertiary alicyclic amines) is 1. The van der Waals surface area contributed by atoms with Gasteiger partial charge in [-0.1, -0.05) is 12.1 Å². The average Bonchev–Trinajstić information content (AvgIpc) is 2.68. The Morgan fingerprint density at radius 1 is 1.00 bits per heavy atom. The van der Waals surface area contributed by atoms with Crippen molar-refractivity contribution in [2.45, 2.75) is 19.3 Å². The molecule has 0 atom stereocenters. The van der Waals surface area contributed by atoms with Crippen molar-refractivity contribution < 1.29 is 24.2 Å². The second-order valence-corrected chi connectivity index (χ2v) is 7.09. The molecule has 1 fully saturated rings. The molecule has 0 aliphatic carbocycles. The molecule has 0 radical (unpaired) electrons. The summed E-state index contributed by atoms with van der Waals surface area (Å²) < 4.78 is 10.6. The molecule has 0 spiro atoms. The quantitative estimate of drug-likeness (QED) is 0.758. The SMILES string of the molecule is COc1cc(CC2CN(C(=O)CCc3ccc(C(=O)O)cc3)C2)cc(OC)c1. The van der Waals surface area contributed by atoms with Crippen molar-refractivity contribution in [2.75, 3.05) is 27.3 Å². The van der Waals surface area contributed by atoms with Crippen LogP contribution in [-0.2, 0) is 17.6 Å². The third-order valence-electron chi connectivity index (χ3n) is 5.07. The van der Waals surface area contributed by atoms with Crippen LogP contribution < -0.4 is 9.47 Å². The second kappa shape index (κ2) is 8.78. The van der Waals surface area contributed by atoms with E-state index in [0.29, 0.717) is 18.8 Å². The van der Waals surface area contributed by atoms with Crippen LogP contribution in [0.1, 0.15) is 27.9 Å². The number of benzene rings is 2. The highest BCUT2D eigenvalue weighted by molar-refractivity contribution is 5.87. The van der Waals surface area contributed by atoms with E-state index in [4.69, 9.17) is 14.6 Å². The molecule has 2 aromatic rings. The molecule has 1 heterocycles. The van der Waals surface area contributed by atoms with E-state index in [2.05, 4.69) is 0 Å². The van der Waals surface area contributed by atoms with Crippen LogP contribution in [-0.4, -0.2) is 49.2 Å². The lowest BCUT2D eigenvalue weighted by Gasteiger charge is -2.39. The van der Waals surface area contributed by atoms with Crippen molar-refractivity contribution in [3.8, 4) is 11.5 Å². The molecule has 28 heavy (non-hydrogen) atoms. The van der Waals surface area contributed by atoms with Crippen LogP contribution in [0.5, 0.6) is 11.5 Å². The standard InChI is InChI=1S/C22H25NO5/c1-27-19-10-16(11-20(12-19)28-2)9-17-13-23(14-17)21(24)8-5-15-3-6-18(7-4-15)22(25)26/h3-4,6-7,10-12,17H,5,8-9,13-14H2,1-2H3,(H,25,26). The van der Waals surface area contributed by atoms with E-state index in [-0.39, 0.29) is 11.5 Å². The Morgan fingerprint density at radius 2 is 1.61 bits per heavy atom. The summed E-state index contributed by atoms with van der Waals surface area (Å²) in [7, 11) is 3.27. The number of methoxy groups -OCH3 is 2. The largest absolute Gasteiger partial charge is 0.497 e. The first-order valence-electron chi connectivity index (χ1n) is 9.30. The first-order chi connectivity index (χ1) is 13.5. The topological polar surface area (TPSA) is 76.1 Å². The number of ether oxygens (including phenoxy) is 2. The van der Waals surface area contributed by atoms with E-state index in [1.807, 2.05) is 23.1 Å². The minimum absolute atomic E-state index is 0.141. The van der Waals surface area contributed by atoms with E-state index >= 15 is 0 Å². The number of hydrogen-bond acceptors (Lipinski definition) is 4. The predicted molar refractivity (Wildman–Crippen MR) is 105 cm³/mol. The highest BCUT2D eigenvalue weighted by atomic mass is 16.5. The van der Waals surface area contributed by atoms with Gasteiger partial charge in [0.2, 0.25) is 5.91 Å². The van der Waals surface area contributed by atoms with Gasteiger partial charge in [0.25, 0.3) is 0 Å². The molecule has 0 saturated carbocycles. The van der Waals surface area contributed by atoms with Crippen molar-refractivity contribution in [1.82, 2.24) is 4.90 Å². The lowest BCUT2D eigenvalue weighted by atomic mass is 9.91. The third kappa shape index (κ3) is 4.82. The number of aryl methyl sites for hydroxylation is 1. The van der Waals surface area contributed by atoms with Crippen LogP contribution in [0.3, 0.4) is 0 Å². The molecule has 3 rings (SSSR count).